The Morgan fingerprint density at radius 3 is 2.73 bits per heavy atom. The topological polar surface area (TPSA) is 42.1 Å². The van der Waals surface area contributed by atoms with Crippen LogP contribution in [-0.2, 0) is 6.54 Å². The molecular weight excluding hydrogens is 254 g/mol. The highest BCUT2D eigenvalue weighted by Crippen LogP contribution is 2.12. The number of aromatic nitrogens is 1. The molecule has 0 aromatic carbocycles. The molecule has 0 fully saturated rings. The summed E-state index contributed by atoms with van der Waals surface area (Å²) in [6.07, 6.45) is 3.70. The summed E-state index contributed by atoms with van der Waals surface area (Å²) in [6.45, 7) is 6.88. The zero-order valence-corrected chi connectivity index (χ0v) is 10.9. The molecule has 0 bridgehead atoms. The SMILES string of the molecule is CC(C)N(CCN)Cc1cncc(Br)c1. The first-order valence-electron chi connectivity index (χ1n) is 5.17. The van der Waals surface area contributed by atoms with Crippen LogP contribution in [0.3, 0.4) is 0 Å². The summed E-state index contributed by atoms with van der Waals surface area (Å²) in [4.78, 5) is 6.49. The number of halogens is 1. The van der Waals surface area contributed by atoms with Crippen LogP contribution >= 0.6 is 15.9 Å². The molecule has 0 aliphatic carbocycles. The van der Waals surface area contributed by atoms with Gasteiger partial charge in [0.25, 0.3) is 0 Å². The Balaban J connectivity index is 2.65. The molecule has 1 aromatic rings. The summed E-state index contributed by atoms with van der Waals surface area (Å²) in [5.74, 6) is 0. The van der Waals surface area contributed by atoms with E-state index in [1.54, 1.807) is 6.20 Å². The van der Waals surface area contributed by atoms with Crippen molar-refractivity contribution in [2.75, 3.05) is 13.1 Å². The Labute approximate surface area is 99.8 Å². The molecule has 0 saturated carbocycles. The largest absolute Gasteiger partial charge is 0.329 e. The van der Waals surface area contributed by atoms with E-state index in [0.29, 0.717) is 12.6 Å². The zero-order chi connectivity index (χ0) is 11.3. The van der Waals surface area contributed by atoms with Crippen LogP contribution in [0.1, 0.15) is 19.4 Å². The van der Waals surface area contributed by atoms with Gasteiger partial charge >= 0.3 is 0 Å². The molecule has 2 N–H and O–H groups in total. The van der Waals surface area contributed by atoms with Gasteiger partial charge < -0.3 is 5.73 Å². The average molecular weight is 272 g/mol. The molecule has 15 heavy (non-hydrogen) atoms. The quantitative estimate of drug-likeness (QED) is 0.891. The lowest BCUT2D eigenvalue weighted by Gasteiger charge is -2.25. The fraction of sp³-hybridized carbons (Fsp3) is 0.545. The van der Waals surface area contributed by atoms with Gasteiger partial charge in [-0.3, -0.25) is 9.88 Å². The van der Waals surface area contributed by atoms with Crippen LogP contribution in [0.4, 0.5) is 0 Å². The Kier molecular flexibility index (Phi) is 5.22. The van der Waals surface area contributed by atoms with Crippen molar-refractivity contribution in [1.82, 2.24) is 9.88 Å². The van der Waals surface area contributed by atoms with Crippen molar-refractivity contribution in [3.05, 3.63) is 28.5 Å². The van der Waals surface area contributed by atoms with Crippen molar-refractivity contribution in [2.45, 2.75) is 26.4 Å². The summed E-state index contributed by atoms with van der Waals surface area (Å²) < 4.78 is 1.02. The lowest BCUT2D eigenvalue weighted by atomic mass is 10.2. The number of nitrogens with zero attached hydrogens (tertiary/aromatic N) is 2. The van der Waals surface area contributed by atoms with E-state index in [4.69, 9.17) is 5.73 Å². The summed E-state index contributed by atoms with van der Waals surface area (Å²) >= 11 is 3.42. The van der Waals surface area contributed by atoms with Gasteiger partial charge in [0.1, 0.15) is 0 Å². The Morgan fingerprint density at radius 2 is 2.20 bits per heavy atom. The predicted molar refractivity (Wildman–Crippen MR) is 66.5 cm³/mol. The second-order valence-corrected chi connectivity index (χ2v) is 4.78. The molecule has 4 heteroatoms. The molecule has 0 atom stereocenters. The van der Waals surface area contributed by atoms with Gasteiger partial charge in [0.2, 0.25) is 0 Å². The molecule has 1 aromatic heterocycles. The van der Waals surface area contributed by atoms with Crippen molar-refractivity contribution in [2.24, 2.45) is 5.73 Å². The molecule has 0 aliphatic heterocycles. The van der Waals surface area contributed by atoms with Crippen molar-refractivity contribution < 1.29 is 0 Å². The number of rotatable bonds is 5. The molecule has 0 amide bonds. The smallest absolute Gasteiger partial charge is 0.0410 e. The second kappa shape index (κ2) is 6.20. The molecule has 0 aliphatic rings. The Morgan fingerprint density at radius 1 is 1.47 bits per heavy atom. The van der Waals surface area contributed by atoms with E-state index in [0.717, 1.165) is 17.6 Å². The lowest BCUT2D eigenvalue weighted by molar-refractivity contribution is 0.219. The minimum atomic E-state index is 0.507. The van der Waals surface area contributed by atoms with Crippen LogP contribution in [0.25, 0.3) is 0 Å². The third-order valence-corrected chi connectivity index (χ3v) is 2.73. The van der Waals surface area contributed by atoms with E-state index in [2.05, 4.69) is 45.7 Å². The van der Waals surface area contributed by atoms with E-state index in [-0.39, 0.29) is 0 Å². The predicted octanol–water partition coefficient (Wildman–Crippen LogP) is 2.01. The second-order valence-electron chi connectivity index (χ2n) is 3.86. The maximum absolute atomic E-state index is 5.58. The van der Waals surface area contributed by atoms with Crippen LogP contribution in [-0.4, -0.2) is 29.0 Å². The number of pyridine rings is 1. The third-order valence-electron chi connectivity index (χ3n) is 2.29. The van der Waals surface area contributed by atoms with Gasteiger partial charge in [0.05, 0.1) is 0 Å². The van der Waals surface area contributed by atoms with Crippen molar-refractivity contribution in [3.8, 4) is 0 Å². The van der Waals surface area contributed by atoms with Crippen LogP contribution < -0.4 is 5.73 Å². The standard InChI is InChI=1S/C11H18BrN3/c1-9(2)15(4-3-13)8-10-5-11(12)7-14-6-10/h5-7,9H,3-4,8,13H2,1-2H3. The van der Waals surface area contributed by atoms with Crippen molar-refractivity contribution >= 4 is 15.9 Å². The van der Waals surface area contributed by atoms with Crippen LogP contribution in [0.5, 0.6) is 0 Å². The fourth-order valence-corrected chi connectivity index (χ4v) is 1.87. The maximum atomic E-state index is 5.58. The van der Waals surface area contributed by atoms with Gasteiger partial charge in [0.15, 0.2) is 0 Å². The molecule has 1 heterocycles. The number of hydrogen-bond donors (Lipinski definition) is 1. The highest BCUT2D eigenvalue weighted by atomic mass is 79.9. The first kappa shape index (κ1) is 12.6. The summed E-state index contributed by atoms with van der Waals surface area (Å²) in [5, 5.41) is 0. The van der Waals surface area contributed by atoms with E-state index < -0.39 is 0 Å². The maximum Gasteiger partial charge on any atom is 0.0410 e. The summed E-state index contributed by atoms with van der Waals surface area (Å²) in [6, 6.07) is 2.60. The zero-order valence-electron chi connectivity index (χ0n) is 9.28. The molecule has 0 radical (unpaired) electrons. The first-order chi connectivity index (χ1) is 7.13. The average Bonchev–Trinajstić information content (AvgIpc) is 2.17. The van der Waals surface area contributed by atoms with Gasteiger partial charge in [0, 0.05) is 42.5 Å². The summed E-state index contributed by atoms with van der Waals surface area (Å²) in [7, 11) is 0. The molecule has 0 spiro atoms. The van der Waals surface area contributed by atoms with Crippen LogP contribution in [0.2, 0.25) is 0 Å². The van der Waals surface area contributed by atoms with Crippen molar-refractivity contribution in [3.63, 3.8) is 0 Å². The first-order valence-corrected chi connectivity index (χ1v) is 5.96. The lowest BCUT2D eigenvalue weighted by Crippen LogP contribution is -2.34. The van der Waals surface area contributed by atoms with Gasteiger partial charge in [-0.15, -0.1) is 0 Å². The highest BCUT2D eigenvalue weighted by molar-refractivity contribution is 9.10. The van der Waals surface area contributed by atoms with E-state index in [1.165, 1.54) is 5.56 Å². The molecule has 0 saturated heterocycles. The van der Waals surface area contributed by atoms with Gasteiger partial charge in [-0.05, 0) is 41.4 Å². The van der Waals surface area contributed by atoms with E-state index >= 15 is 0 Å². The summed E-state index contributed by atoms with van der Waals surface area (Å²) in [5.41, 5.74) is 6.80. The minimum Gasteiger partial charge on any atom is -0.329 e. The van der Waals surface area contributed by atoms with Gasteiger partial charge in [-0.1, -0.05) is 0 Å². The molecule has 84 valence electrons. The molecule has 3 nitrogen and oxygen atoms in total. The molecular formula is C11H18BrN3. The highest BCUT2D eigenvalue weighted by Gasteiger charge is 2.09. The van der Waals surface area contributed by atoms with Gasteiger partial charge in [-0.2, -0.15) is 0 Å². The Hall–Kier alpha value is -0.450. The fourth-order valence-electron chi connectivity index (χ4n) is 1.46. The van der Waals surface area contributed by atoms with E-state index in [1.807, 2.05) is 6.20 Å². The van der Waals surface area contributed by atoms with Crippen LogP contribution in [0.15, 0.2) is 22.9 Å². The Bertz CT molecular complexity index is 302. The van der Waals surface area contributed by atoms with Gasteiger partial charge in [-0.25, -0.2) is 0 Å². The van der Waals surface area contributed by atoms with E-state index in [9.17, 15) is 0 Å². The van der Waals surface area contributed by atoms with Crippen molar-refractivity contribution in [1.29, 1.82) is 0 Å². The minimum absolute atomic E-state index is 0.507. The number of hydrogen-bond acceptors (Lipinski definition) is 3. The third kappa shape index (κ3) is 4.28. The van der Waals surface area contributed by atoms with Crippen LogP contribution in [0, 0.1) is 0 Å². The monoisotopic (exact) mass is 271 g/mol. The molecule has 0 unspecified atom stereocenters. The normalized spacial score (nSPS) is 11.3. The molecule has 1 rings (SSSR count). The number of nitrogens with two attached hydrogens (primary N) is 1.